The van der Waals surface area contributed by atoms with Crippen molar-refractivity contribution in [3.63, 3.8) is 0 Å². The molecule has 7 heteroatoms. The lowest BCUT2D eigenvalue weighted by atomic mass is 10.2. The minimum absolute atomic E-state index is 0.194. The highest BCUT2D eigenvalue weighted by Crippen LogP contribution is 2.29. The Bertz CT molecular complexity index is 261. The third kappa shape index (κ3) is 32.5. The van der Waals surface area contributed by atoms with E-state index in [0.29, 0.717) is 10.7 Å². The molecule has 1 rings (SSSR count). The largest absolute Gasteiger partial charge is 0.396 e. The fraction of sp³-hybridized carbons (Fsp3) is 0.947. The highest BCUT2D eigenvalue weighted by atomic mass is 35.5. The van der Waals surface area contributed by atoms with Crippen molar-refractivity contribution < 1.29 is 14.6 Å². The van der Waals surface area contributed by atoms with Gasteiger partial charge in [0, 0.05) is 30.1 Å². The molecule has 0 spiro atoms. The van der Waals surface area contributed by atoms with Crippen molar-refractivity contribution in [1.29, 1.82) is 0 Å². The molecule has 0 saturated carbocycles. The Morgan fingerprint density at radius 1 is 1.31 bits per heavy atom. The van der Waals surface area contributed by atoms with Crippen LogP contribution in [0.5, 0.6) is 0 Å². The summed E-state index contributed by atoms with van der Waals surface area (Å²) in [7, 11) is 0. The molecule has 1 aliphatic rings. The molecular formula is C19H40Cl2O3S2. The summed E-state index contributed by atoms with van der Waals surface area (Å²) in [6, 6.07) is 0. The average molecular weight is 452 g/mol. The number of rotatable bonds is 8. The third-order valence-corrected chi connectivity index (χ3v) is 4.86. The van der Waals surface area contributed by atoms with Crippen molar-refractivity contribution in [2.24, 2.45) is 0 Å². The van der Waals surface area contributed by atoms with Gasteiger partial charge in [-0.05, 0) is 25.7 Å². The number of halogens is 2. The van der Waals surface area contributed by atoms with Crippen molar-refractivity contribution >= 4 is 53.9 Å². The van der Waals surface area contributed by atoms with Crippen molar-refractivity contribution in [2.45, 2.75) is 95.0 Å². The second kappa shape index (κ2) is 28.1. The number of unbranched alkanes of at least 4 members (excludes halogenated alkanes) is 3. The van der Waals surface area contributed by atoms with Crippen LogP contribution in [0.15, 0.2) is 0 Å². The molecule has 0 amide bonds. The monoisotopic (exact) mass is 450 g/mol. The Labute approximate surface area is 181 Å². The lowest BCUT2D eigenvalue weighted by Gasteiger charge is -2.26. The van der Waals surface area contributed by atoms with Gasteiger partial charge in [-0.15, -0.1) is 35.0 Å². The van der Waals surface area contributed by atoms with Crippen LogP contribution < -0.4 is 0 Å². The van der Waals surface area contributed by atoms with E-state index >= 15 is 0 Å². The number of carbonyl (C=O) groups excluding carboxylic acids is 1. The topological polar surface area (TPSA) is 46.5 Å². The minimum Gasteiger partial charge on any atom is -0.396 e. The van der Waals surface area contributed by atoms with E-state index in [2.05, 4.69) is 33.4 Å². The average Bonchev–Trinajstić information content (AvgIpc) is 2.60. The van der Waals surface area contributed by atoms with Gasteiger partial charge in [-0.1, -0.05) is 47.0 Å². The van der Waals surface area contributed by atoms with Gasteiger partial charge >= 0.3 is 0 Å². The zero-order valence-corrected chi connectivity index (χ0v) is 20.2. The van der Waals surface area contributed by atoms with Gasteiger partial charge in [0.2, 0.25) is 0 Å². The van der Waals surface area contributed by atoms with Crippen LogP contribution in [0, 0.1) is 0 Å². The van der Waals surface area contributed by atoms with Gasteiger partial charge in [0.05, 0.1) is 5.34 Å². The molecule has 3 nitrogen and oxygen atoms in total. The van der Waals surface area contributed by atoms with E-state index in [1.807, 2.05) is 18.7 Å². The zero-order chi connectivity index (χ0) is 20.6. The molecule has 26 heavy (non-hydrogen) atoms. The van der Waals surface area contributed by atoms with Crippen molar-refractivity contribution in [1.82, 2.24) is 0 Å². The Hall–Kier alpha value is 0.870. The number of thiol groups is 1. The van der Waals surface area contributed by atoms with Crippen molar-refractivity contribution in [3.05, 3.63) is 0 Å². The van der Waals surface area contributed by atoms with E-state index in [9.17, 15) is 4.79 Å². The number of alkyl halides is 2. The molecule has 0 aliphatic carbocycles. The lowest BCUT2D eigenvalue weighted by Crippen LogP contribution is -2.21. The van der Waals surface area contributed by atoms with Gasteiger partial charge in [-0.2, -0.15) is 12.6 Å². The Balaban J connectivity index is -0.000000304. The van der Waals surface area contributed by atoms with Crippen LogP contribution >= 0.6 is 47.6 Å². The normalized spacial score (nSPS) is 19.5. The van der Waals surface area contributed by atoms with Crippen LogP contribution in [0.25, 0.3) is 0 Å². The van der Waals surface area contributed by atoms with Crippen LogP contribution in [0.4, 0.5) is 0 Å². The lowest BCUT2D eigenvalue weighted by molar-refractivity contribution is -0.107. The maximum absolute atomic E-state index is 9.56. The van der Waals surface area contributed by atoms with Crippen LogP contribution in [-0.2, 0) is 9.53 Å². The number of aldehydes is 1. The summed E-state index contributed by atoms with van der Waals surface area (Å²) < 4.78 is 5.61. The van der Waals surface area contributed by atoms with Crippen molar-refractivity contribution in [3.8, 4) is 0 Å². The maximum Gasteiger partial charge on any atom is 0.119 e. The molecule has 1 saturated heterocycles. The van der Waals surface area contributed by atoms with Gasteiger partial charge in [-0.3, -0.25) is 0 Å². The highest BCUT2D eigenvalue weighted by Gasteiger charge is 2.18. The molecule has 0 aromatic rings. The van der Waals surface area contributed by atoms with E-state index < -0.39 is 0 Å². The minimum atomic E-state index is 0.194. The Morgan fingerprint density at radius 3 is 2.19 bits per heavy atom. The Morgan fingerprint density at radius 2 is 1.88 bits per heavy atom. The summed E-state index contributed by atoms with van der Waals surface area (Å²) in [5.41, 5.74) is 0.499. The third-order valence-electron chi connectivity index (χ3n) is 3.23. The number of carbonyl (C=O) groups is 1. The Kier molecular flexibility index (Phi) is 34.1. The summed E-state index contributed by atoms with van der Waals surface area (Å²) in [5, 5.41) is 9.54. The van der Waals surface area contributed by atoms with Crippen molar-refractivity contribution in [2.75, 3.05) is 18.6 Å². The van der Waals surface area contributed by atoms with E-state index in [0.717, 1.165) is 43.8 Å². The maximum atomic E-state index is 9.56. The van der Waals surface area contributed by atoms with Gasteiger partial charge in [0.25, 0.3) is 0 Å². The fourth-order valence-electron chi connectivity index (χ4n) is 1.73. The first-order chi connectivity index (χ1) is 12.4. The van der Waals surface area contributed by atoms with Gasteiger partial charge in [0.15, 0.2) is 0 Å². The molecule has 0 bridgehead atoms. The highest BCUT2D eigenvalue weighted by molar-refractivity contribution is 8.00. The first-order valence-electron chi connectivity index (χ1n) is 9.54. The summed E-state index contributed by atoms with van der Waals surface area (Å²) >= 11 is 15.5. The SMILES string of the molecule is CC(S)CCO.CCCCC1OCCC(C)S1.CCCCC=O.ClCCl. The number of hydrogen-bond acceptors (Lipinski definition) is 5. The molecule has 0 aromatic heterocycles. The molecule has 1 fully saturated rings. The molecule has 1 heterocycles. The van der Waals surface area contributed by atoms with Gasteiger partial charge in [-0.25, -0.2) is 0 Å². The number of ether oxygens (including phenoxy) is 1. The number of aliphatic hydroxyl groups excluding tert-OH is 1. The number of hydrogen-bond donors (Lipinski definition) is 2. The molecule has 3 unspecified atom stereocenters. The zero-order valence-electron chi connectivity index (χ0n) is 17.0. The summed E-state index contributed by atoms with van der Waals surface area (Å²) in [5.74, 6) is 0. The first kappa shape index (κ1) is 31.6. The summed E-state index contributed by atoms with van der Waals surface area (Å²) in [6.07, 6.45) is 9.73. The summed E-state index contributed by atoms with van der Waals surface area (Å²) in [6.45, 7) is 9.79. The van der Waals surface area contributed by atoms with Crippen LogP contribution in [0.3, 0.4) is 0 Å². The first-order valence-corrected chi connectivity index (χ1v) is 12.1. The smallest absolute Gasteiger partial charge is 0.119 e. The van der Waals surface area contributed by atoms with Gasteiger partial charge in [0.1, 0.15) is 11.7 Å². The predicted octanol–water partition coefficient (Wildman–Crippen LogP) is 6.53. The second-order valence-electron chi connectivity index (χ2n) is 5.95. The van der Waals surface area contributed by atoms with E-state index in [1.54, 1.807) is 0 Å². The van der Waals surface area contributed by atoms with Crippen LogP contribution in [0.1, 0.15) is 79.1 Å². The van der Waals surface area contributed by atoms with Crippen LogP contribution in [-0.4, -0.2) is 45.9 Å². The summed E-state index contributed by atoms with van der Waals surface area (Å²) in [4.78, 5) is 9.56. The van der Waals surface area contributed by atoms with E-state index in [-0.39, 0.29) is 11.9 Å². The predicted molar refractivity (Wildman–Crippen MR) is 123 cm³/mol. The van der Waals surface area contributed by atoms with Gasteiger partial charge < -0.3 is 14.6 Å². The van der Waals surface area contributed by atoms with E-state index in [1.165, 1.54) is 25.7 Å². The molecular weight excluding hydrogens is 411 g/mol. The number of thioether (sulfide) groups is 1. The van der Waals surface area contributed by atoms with Crippen LogP contribution in [0.2, 0.25) is 0 Å². The second-order valence-corrected chi connectivity index (χ2v) is 9.24. The molecule has 3 atom stereocenters. The number of aliphatic hydroxyl groups is 1. The molecule has 0 aromatic carbocycles. The molecule has 160 valence electrons. The fourth-order valence-corrected chi connectivity index (χ4v) is 3.07. The van der Waals surface area contributed by atoms with E-state index in [4.69, 9.17) is 33.0 Å². The molecule has 1 N–H and O–H groups in total. The molecule has 1 aliphatic heterocycles. The molecule has 0 radical (unpaired) electrons. The quantitative estimate of drug-likeness (QED) is 0.191. The standard InChI is InChI=1S/C9H18OS.C5H10O.C4H10OS.CH2Cl2/c1-3-4-5-9-10-7-6-8(2)11-9;1-2-3-4-5-6;1-4(6)2-3-5;2-1-3/h8-9H,3-7H2,1-2H3;5H,2-4H2,1H3;4-6H,2-3H2,1H3;1H2.